The van der Waals surface area contributed by atoms with Crippen molar-refractivity contribution in [1.82, 2.24) is 4.98 Å². The third kappa shape index (κ3) is 2.17. The van der Waals surface area contributed by atoms with Gasteiger partial charge in [0.2, 0.25) is 0 Å². The summed E-state index contributed by atoms with van der Waals surface area (Å²) in [5.74, 6) is 0. The van der Waals surface area contributed by atoms with Crippen LogP contribution in [0.25, 0.3) is 10.9 Å². The van der Waals surface area contributed by atoms with Gasteiger partial charge >= 0.3 is 0 Å². The van der Waals surface area contributed by atoms with Crippen LogP contribution in [-0.4, -0.2) is 29.3 Å². The highest BCUT2D eigenvalue weighted by Crippen LogP contribution is 2.37. The first-order chi connectivity index (χ1) is 9.20. The van der Waals surface area contributed by atoms with Gasteiger partial charge in [-0.2, -0.15) is 0 Å². The number of nitrogen functional groups attached to an aromatic ring is 1. The quantitative estimate of drug-likeness (QED) is 0.892. The molecule has 0 radical (unpaired) electrons. The van der Waals surface area contributed by atoms with Crippen molar-refractivity contribution in [2.45, 2.75) is 18.9 Å². The van der Waals surface area contributed by atoms with Crippen molar-refractivity contribution in [1.29, 1.82) is 0 Å². The zero-order chi connectivity index (χ0) is 13.4. The van der Waals surface area contributed by atoms with Crippen LogP contribution < -0.4 is 10.6 Å². The summed E-state index contributed by atoms with van der Waals surface area (Å²) in [5, 5.41) is 10.5. The second-order valence-electron chi connectivity index (χ2n) is 4.90. The summed E-state index contributed by atoms with van der Waals surface area (Å²) in [6.45, 7) is 1.10. The number of rotatable bonds is 2. The van der Waals surface area contributed by atoms with Gasteiger partial charge in [-0.3, -0.25) is 4.98 Å². The van der Waals surface area contributed by atoms with E-state index in [1.54, 1.807) is 6.20 Å². The maximum Gasteiger partial charge on any atom is 0.0745 e. The van der Waals surface area contributed by atoms with E-state index in [1.165, 1.54) is 0 Å². The monoisotopic (exact) mass is 321 g/mol. The van der Waals surface area contributed by atoms with Crippen LogP contribution in [0.3, 0.4) is 0 Å². The van der Waals surface area contributed by atoms with E-state index in [1.807, 2.05) is 18.2 Å². The highest BCUT2D eigenvalue weighted by atomic mass is 79.9. The predicted molar refractivity (Wildman–Crippen MR) is 81.3 cm³/mol. The third-order valence-corrected chi connectivity index (χ3v) is 4.20. The number of aliphatic hydroxyl groups excluding tert-OH is 1. The smallest absolute Gasteiger partial charge is 0.0745 e. The second-order valence-corrected chi connectivity index (χ2v) is 5.81. The Morgan fingerprint density at radius 3 is 3.11 bits per heavy atom. The van der Waals surface area contributed by atoms with Crippen LogP contribution in [0.15, 0.2) is 28.9 Å². The average molecular weight is 322 g/mol. The highest BCUT2D eigenvalue weighted by molar-refractivity contribution is 9.10. The first kappa shape index (κ1) is 12.7. The fourth-order valence-electron chi connectivity index (χ4n) is 2.81. The van der Waals surface area contributed by atoms with Crippen LogP contribution in [0, 0.1) is 0 Å². The molecule has 100 valence electrons. The zero-order valence-electron chi connectivity index (χ0n) is 10.5. The Balaban J connectivity index is 2.21. The molecule has 3 rings (SSSR count). The van der Waals surface area contributed by atoms with Crippen molar-refractivity contribution in [3.8, 4) is 0 Å². The number of fused-ring (bicyclic) bond motifs is 1. The van der Waals surface area contributed by atoms with Crippen molar-refractivity contribution in [2.24, 2.45) is 0 Å². The number of halogens is 1. The Morgan fingerprint density at radius 2 is 2.32 bits per heavy atom. The fourth-order valence-corrected chi connectivity index (χ4v) is 3.17. The molecule has 2 heterocycles. The molecule has 1 unspecified atom stereocenters. The Hall–Kier alpha value is -1.33. The lowest BCUT2D eigenvalue weighted by atomic mass is 10.1. The van der Waals surface area contributed by atoms with Crippen LogP contribution >= 0.6 is 15.9 Å². The first-order valence-corrected chi connectivity index (χ1v) is 7.21. The average Bonchev–Trinajstić information content (AvgIpc) is 2.86. The Labute approximate surface area is 120 Å². The van der Waals surface area contributed by atoms with E-state index in [9.17, 15) is 5.11 Å². The summed E-state index contributed by atoms with van der Waals surface area (Å²) >= 11 is 3.50. The molecule has 1 aliphatic heterocycles. The van der Waals surface area contributed by atoms with Crippen LogP contribution in [0.1, 0.15) is 12.8 Å². The van der Waals surface area contributed by atoms with Crippen molar-refractivity contribution in [2.75, 3.05) is 23.8 Å². The molecule has 0 aliphatic carbocycles. The van der Waals surface area contributed by atoms with Crippen LogP contribution in [0.4, 0.5) is 11.4 Å². The van der Waals surface area contributed by atoms with Gasteiger partial charge in [0.05, 0.1) is 35.7 Å². The third-order valence-electron chi connectivity index (χ3n) is 3.70. The lowest BCUT2D eigenvalue weighted by Crippen LogP contribution is -2.32. The van der Waals surface area contributed by atoms with Crippen LogP contribution in [0.5, 0.6) is 0 Å². The molecule has 3 N–H and O–H groups in total. The Bertz CT molecular complexity index is 612. The lowest BCUT2D eigenvalue weighted by Gasteiger charge is -2.27. The van der Waals surface area contributed by atoms with Gasteiger partial charge in [0.25, 0.3) is 0 Å². The normalized spacial score (nSPS) is 19.3. The van der Waals surface area contributed by atoms with Gasteiger partial charge in [0.1, 0.15) is 0 Å². The molecule has 5 heteroatoms. The molecule has 0 spiro atoms. The molecule has 1 atom stereocenters. The SMILES string of the molecule is Nc1cnc2ccc(Br)cc2c1N1CCCC1CO. The molecular formula is C14H16BrN3O. The number of hydrogen-bond acceptors (Lipinski definition) is 4. The lowest BCUT2D eigenvalue weighted by molar-refractivity contribution is 0.266. The van der Waals surface area contributed by atoms with Gasteiger partial charge in [-0.25, -0.2) is 0 Å². The highest BCUT2D eigenvalue weighted by Gasteiger charge is 2.27. The number of nitrogens with two attached hydrogens (primary N) is 1. The maximum absolute atomic E-state index is 9.51. The standard InChI is InChI=1S/C14H16BrN3O/c15-9-3-4-13-11(6-9)14(12(16)7-17-13)18-5-1-2-10(18)8-19/h3-4,6-7,10,19H,1-2,5,8,16H2. The number of nitrogens with zero attached hydrogens (tertiary/aromatic N) is 2. The van der Waals surface area contributed by atoms with Crippen molar-refractivity contribution in [3.05, 3.63) is 28.9 Å². The number of anilines is 2. The van der Waals surface area contributed by atoms with E-state index < -0.39 is 0 Å². The van der Waals surface area contributed by atoms with E-state index in [-0.39, 0.29) is 12.6 Å². The van der Waals surface area contributed by atoms with Gasteiger partial charge < -0.3 is 15.7 Å². The summed E-state index contributed by atoms with van der Waals surface area (Å²) < 4.78 is 1.01. The summed E-state index contributed by atoms with van der Waals surface area (Å²) in [5.41, 5.74) is 8.73. The predicted octanol–water partition coefficient (Wildman–Crippen LogP) is 2.54. The molecule has 19 heavy (non-hydrogen) atoms. The summed E-state index contributed by atoms with van der Waals surface area (Å²) in [7, 11) is 0. The van der Waals surface area contributed by atoms with E-state index in [2.05, 4.69) is 25.8 Å². The number of hydrogen-bond donors (Lipinski definition) is 2. The Morgan fingerprint density at radius 1 is 1.47 bits per heavy atom. The fraction of sp³-hybridized carbons (Fsp3) is 0.357. The van der Waals surface area contributed by atoms with Gasteiger partial charge in [-0.15, -0.1) is 0 Å². The molecule has 4 nitrogen and oxygen atoms in total. The zero-order valence-corrected chi connectivity index (χ0v) is 12.1. The topological polar surface area (TPSA) is 62.4 Å². The van der Waals surface area contributed by atoms with Crippen LogP contribution in [-0.2, 0) is 0 Å². The molecule has 0 saturated carbocycles. The first-order valence-electron chi connectivity index (χ1n) is 6.42. The minimum atomic E-state index is 0.159. The largest absolute Gasteiger partial charge is 0.396 e. The molecule has 1 aromatic carbocycles. The summed E-state index contributed by atoms with van der Waals surface area (Å²) in [6, 6.07) is 6.16. The molecule has 2 aromatic rings. The summed E-state index contributed by atoms with van der Waals surface area (Å²) in [4.78, 5) is 6.58. The molecule has 0 amide bonds. The minimum Gasteiger partial charge on any atom is -0.396 e. The minimum absolute atomic E-state index is 0.159. The molecule has 1 fully saturated rings. The van der Waals surface area contributed by atoms with Gasteiger partial charge in [0.15, 0.2) is 0 Å². The van der Waals surface area contributed by atoms with E-state index in [0.717, 1.165) is 40.4 Å². The number of aliphatic hydroxyl groups is 1. The van der Waals surface area contributed by atoms with Crippen LogP contribution in [0.2, 0.25) is 0 Å². The van der Waals surface area contributed by atoms with E-state index in [0.29, 0.717) is 5.69 Å². The molecule has 1 aromatic heterocycles. The molecular weight excluding hydrogens is 306 g/mol. The van der Waals surface area contributed by atoms with Gasteiger partial charge in [-0.1, -0.05) is 15.9 Å². The summed E-state index contributed by atoms with van der Waals surface area (Å²) in [6.07, 6.45) is 3.80. The molecule has 1 aliphatic rings. The number of aromatic nitrogens is 1. The number of benzene rings is 1. The second kappa shape index (κ2) is 4.98. The molecule has 0 bridgehead atoms. The van der Waals surface area contributed by atoms with Crippen molar-refractivity contribution < 1.29 is 5.11 Å². The van der Waals surface area contributed by atoms with Gasteiger partial charge in [0, 0.05) is 16.4 Å². The van der Waals surface area contributed by atoms with E-state index in [4.69, 9.17) is 5.73 Å². The van der Waals surface area contributed by atoms with Crippen molar-refractivity contribution in [3.63, 3.8) is 0 Å². The van der Waals surface area contributed by atoms with E-state index >= 15 is 0 Å². The van der Waals surface area contributed by atoms with Gasteiger partial charge in [-0.05, 0) is 31.0 Å². The van der Waals surface area contributed by atoms with Crippen molar-refractivity contribution >= 4 is 38.2 Å². The maximum atomic E-state index is 9.51. The number of pyridine rings is 1. The Kier molecular flexibility index (Phi) is 3.33. The molecule has 1 saturated heterocycles.